The number of hydrogen-bond acceptors (Lipinski definition) is 6. The van der Waals surface area contributed by atoms with Crippen molar-refractivity contribution in [2.24, 2.45) is 13.0 Å². The number of methoxy groups -OCH3 is 1. The molecule has 3 aromatic rings. The predicted molar refractivity (Wildman–Crippen MR) is 133 cm³/mol. The number of amides is 1. The van der Waals surface area contributed by atoms with Crippen LogP contribution in [0.1, 0.15) is 39.6 Å². The lowest BCUT2D eigenvalue weighted by Gasteiger charge is -2.32. The number of hydrogen-bond donors (Lipinski definition) is 1. The lowest BCUT2D eigenvalue weighted by molar-refractivity contribution is 0.0832. The van der Waals surface area contributed by atoms with Crippen LogP contribution in [0.4, 0.5) is 0 Å². The van der Waals surface area contributed by atoms with Gasteiger partial charge in [-0.15, -0.1) is 11.3 Å². The number of thiophene rings is 1. The van der Waals surface area contributed by atoms with Crippen LogP contribution >= 0.6 is 11.3 Å². The third kappa shape index (κ3) is 3.58. The number of carbonyl (C=O) groups is 1. The number of benzene rings is 1. The number of aromatic nitrogens is 2. The maximum Gasteiger partial charge on any atom is 0.331 e. The van der Waals surface area contributed by atoms with E-state index in [-0.39, 0.29) is 23.2 Å². The minimum Gasteiger partial charge on any atom is -0.496 e. The van der Waals surface area contributed by atoms with Crippen molar-refractivity contribution in [3.8, 4) is 5.75 Å². The number of fused-ring (bicyclic) bond motifs is 4. The summed E-state index contributed by atoms with van der Waals surface area (Å²) in [5.41, 5.74) is 2.45. The zero-order valence-corrected chi connectivity index (χ0v) is 20.8. The molecule has 1 fully saturated rings. The van der Waals surface area contributed by atoms with Crippen LogP contribution in [0.25, 0.3) is 10.2 Å². The third-order valence-corrected chi connectivity index (χ3v) is 8.51. The fraction of sp³-hybridized carbons (Fsp3) is 0.480. The summed E-state index contributed by atoms with van der Waals surface area (Å²) in [6.07, 6.45) is 2.79. The van der Waals surface area contributed by atoms with Gasteiger partial charge in [0.25, 0.3) is 11.5 Å². The molecule has 1 aromatic carbocycles. The molecule has 180 valence electrons. The van der Waals surface area contributed by atoms with Crippen molar-refractivity contribution in [1.82, 2.24) is 19.4 Å². The summed E-state index contributed by atoms with van der Waals surface area (Å²) in [5, 5.41) is 3.66. The Morgan fingerprint density at radius 2 is 2.09 bits per heavy atom. The van der Waals surface area contributed by atoms with Crippen LogP contribution in [0, 0.1) is 5.92 Å². The molecular formula is C25H30N4O4S. The molecule has 3 heterocycles. The van der Waals surface area contributed by atoms with Gasteiger partial charge < -0.3 is 15.0 Å². The molecule has 5 rings (SSSR count). The molecule has 0 saturated carbocycles. The second-order valence-electron chi connectivity index (χ2n) is 9.48. The van der Waals surface area contributed by atoms with E-state index in [1.165, 1.54) is 25.2 Å². The summed E-state index contributed by atoms with van der Waals surface area (Å²) in [7, 11) is 6.72. The van der Waals surface area contributed by atoms with Crippen LogP contribution in [-0.4, -0.2) is 53.7 Å². The highest BCUT2D eigenvalue weighted by Gasteiger charge is 2.40. The fourth-order valence-electron chi connectivity index (χ4n) is 5.67. The Morgan fingerprint density at radius 1 is 1.29 bits per heavy atom. The van der Waals surface area contributed by atoms with Gasteiger partial charge in [-0.2, -0.15) is 0 Å². The van der Waals surface area contributed by atoms with Crippen molar-refractivity contribution in [2.75, 3.05) is 27.7 Å². The monoisotopic (exact) mass is 482 g/mol. The first-order valence-electron chi connectivity index (χ1n) is 11.7. The van der Waals surface area contributed by atoms with Gasteiger partial charge in [-0.25, -0.2) is 4.79 Å². The molecule has 9 heteroatoms. The highest BCUT2D eigenvalue weighted by Crippen LogP contribution is 2.45. The minimum atomic E-state index is -0.348. The second-order valence-corrected chi connectivity index (χ2v) is 10.5. The first-order valence-corrected chi connectivity index (χ1v) is 12.5. The van der Waals surface area contributed by atoms with Gasteiger partial charge in [0.2, 0.25) is 0 Å². The van der Waals surface area contributed by atoms with E-state index in [0.717, 1.165) is 36.5 Å². The third-order valence-electron chi connectivity index (χ3n) is 7.41. The van der Waals surface area contributed by atoms with Crippen molar-refractivity contribution in [2.45, 2.75) is 37.8 Å². The molecule has 1 N–H and O–H groups in total. The highest BCUT2D eigenvalue weighted by molar-refractivity contribution is 7.20. The molecule has 0 bridgehead atoms. The number of aryl methyl sites for hydroxylation is 1. The van der Waals surface area contributed by atoms with Crippen molar-refractivity contribution in [3.05, 3.63) is 61.1 Å². The average molecular weight is 483 g/mol. The van der Waals surface area contributed by atoms with Crippen LogP contribution in [0.2, 0.25) is 0 Å². The second kappa shape index (κ2) is 8.70. The average Bonchev–Trinajstić information content (AvgIpc) is 3.47. The SMILES string of the molecule is COc1cccc2c1CCC1CNC(CCn3c(=O)c4sc(C(=O)N(C)C)cc4n(C)c3=O)C21. The molecule has 3 unspecified atom stereocenters. The minimum absolute atomic E-state index is 0.174. The largest absolute Gasteiger partial charge is 0.496 e. The number of nitrogens with one attached hydrogen (secondary N) is 1. The van der Waals surface area contributed by atoms with E-state index in [1.54, 1.807) is 34.3 Å². The molecule has 8 nitrogen and oxygen atoms in total. The van der Waals surface area contributed by atoms with Crippen molar-refractivity contribution in [1.29, 1.82) is 0 Å². The van der Waals surface area contributed by atoms with E-state index in [4.69, 9.17) is 4.74 Å². The van der Waals surface area contributed by atoms with Gasteiger partial charge in [0.1, 0.15) is 10.4 Å². The first kappa shape index (κ1) is 22.9. The lowest BCUT2D eigenvalue weighted by atomic mass is 9.73. The molecule has 1 amide bonds. The van der Waals surface area contributed by atoms with E-state index in [9.17, 15) is 14.4 Å². The quantitative estimate of drug-likeness (QED) is 0.603. The van der Waals surface area contributed by atoms with Crippen LogP contribution in [0.5, 0.6) is 5.75 Å². The summed E-state index contributed by atoms with van der Waals surface area (Å²) in [6.45, 7) is 1.27. The Kier molecular flexibility index (Phi) is 5.85. The standard InChI is InChI=1S/C25H30N4O4S/c1-27(2)23(30)20-12-18-22(34-20)24(31)29(25(32)28(18)3)11-10-17-21-14(13-26-17)8-9-15-16(21)6-5-7-19(15)33-4/h5-7,12,14,17,21,26H,8-11,13H2,1-4H3. The summed E-state index contributed by atoms with van der Waals surface area (Å²) in [6, 6.07) is 8.09. The van der Waals surface area contributed by atoms with E-state index in [1.807, 2.05) is 12.1 Å². The van der Waals surface area contributed by atoms with Gasteiger partial charge in [0.15, 0.2) is 0 Å². The van der Waals surface area contributed by atoms with Crippen LogP contribution in [-0.2, 0) is 20.0 Å². The summed E-state index contributed by atoms with van der Waals surface area (Å²) >= 11 is 1.15. The summed E-state index contributed by atoms with van der Waals surface area (Å²) in [5.74, 6) is 1.65. The van der Waals surface area contributed by atoms with Crippen LogP contribution in [0.15, 0.2) is 33.9 Å². The van der Waals surface area contributed by atoms with Gasteiger partial charge in [-0.05, 0) is 55.0 Å². The summed E-state index contributed by atoms with van der Waals surface area (Å²) in [4.78, 5) is 40.7. The van der Waals surface area contributed by atoms with Crippen molar-refractivity contribution >= 4 is 27.5 Å². The Hall–Kier alpha value is -2.91. The van der Waals surface area contributed by atoms with E-state index < -0.39 is 0 Å². The maximum atomic E-state index is 13.3. The molecule has 1 aliphatic heterocycles. The lowest BCUT2D eigenvalue weighted by Crippen LogP contribution is -2.40. The van der Waals surface area contributed by atoms with Gasteiger partial charge in [0, 0.05) is 39.6 Å². The van der Waals surface area contributed by atoms with E-state index >= 15 is 0 Å². The predicted octanol–water partition coefficient (Wildman–Crippen LogP) is 2.18. The van der Waals surface area contributed by atoms with Gasteiger partial charge in [-0.1, -0.05) is 12.1 Å². The molecule has 1 saturated heterocycles. The van der Waals surface area contributed by atoms with Crippen molar-refractivity contribution < 1.29 is 9.53 Å². The molecule has 3 atom stereocenters. The molecule has 0 radical (unpaired) electrons. The molecule has 0 spiro atoms. The summed E-state index contributed by atoms with van der Waals surface area (Å²) < 4.78 is 8.85. The van der Waals surface area contributed by atoms with Gasteiger partial charge >= 0.3 is 5.69 Å². The van der Waals surface area contributed by atoms with Gasteiger partial charge in [0.05, 0.1) is 17.5 Å². The molecule has 2 aromatic heterocycles. The van der Waals surface area contributed by atoms with Crippen molar-refractivity contribution in [3.63, 3.8) is 0 Å². The topological polar surface area (TPSA) is 85.6 Å². The highest BCUT2D eigenvalue weighted by atomic mass is 32.1. The van der Waals surface area contributed by atoms with Crippen LogP contribution in [0.3, 0.4) is 0 Å². The van der Waals surface area contributed by atoms with E-state index in [2.05, 4.69) is 11.4 Å². The normalized spacial score (nSPS) is 21.4. The Bertz CT molecular complexity index is 1390. The molecule has 34 heavy (non-hydrogen) atoms. The number of ether oxygens (including phenoxy) is 1. The van der Waals surface area contributed by atoms with Crippen LogP contribution < -0.4 is 21.3 Å². The fourth-order valence-corrected chi connectivity index (χ4v) is 6.83. The number of nitrogens with zero attached hydrogens (tertiary/aromatic N) is 3. The van der Waals surface area contributed by atoms with E-state index in [0.29, 0.717) is 39.9 Å². The Balaban J connectivity index is 1.46. The maximum absolute atomic E-state index is 13.3. The molecule has 2 aliphatic rings. The first-order chi connectivity index (χ1) is 16.3. The zero-order chi connectivity index (χ0) is 24.1. The zero-order valence-electron chi connectivity index (χ0n) is 20.0. The van der Waals surface area contributed by atoms with Gasteiger partial charge in [-0.3, -0.25) is 18.7 Å². The number of rotatable bonds is 5. The molecule has 1 aliphatic carbocycles. The Morgan fingerprint density at radius 3 is 2.82 bits per heavy atom. The molecular weight excluding hydrogens is 452 g/mol. The Labute approximate surface area is 201 Å². The number of carbonyl (C=O) groups excluding carboxylic acids is 1. The smallest absolute Gasteiger partial charge is 0.331 e.